The van der Waals surface area contributed by atoms with Crippen molar-refractivity contribution in [3.63, 3.8) is 0 Å². The third-order valence-electron chi connectivity index (χ3n) is 2.60. The van der Waals surface area contributed by atoms with Gasteiger partial charge in [0.25, 0.3) is 0 Å². The Bertz CT molecular complexity index is 505. The van der Waals surface area contributed by atoms with E-state index in [1.165, 1.54) is 9.75 Å². The van der Waals surface area contributed by atoms with Gasteiger partial charge in [0, 0.05) is 17.0 Å². The molecule has 0 saturated heterocycles. The van der Waals surface area contributed by atoms with E-state index in [4.69, 9.17) is 0 Å². The first-order valence-electron chi connectivity index (χ1n) is 5.84. The van der Waals surface area contributed by atoms with Crippen molar-refractivity contribution in [2.24, 2.45) is 0 Å². The summed E-state index contributed by atoms with van der Waals surface area (Å²) in [6.45, 7) is 7.27. The van der Waals surface area contributed by atoms with E-state index in [0.717, 1.165) is 30.0 Å². The SMILES string of the molecule is CCCNc1ncnc(-c2ccc(C)s2)c1C. The molecule has 0 spiro atoms. The van der Waals surface area contributed by atoms with Crippen LogP contribution in [0.2, 0.25) is 0 Å². The van der Waals surface area contributed by atoms with E-state index in [0.29, 0.717) is 0 Å². The van der Waals surface area contributed by atoms with Crippen molar-refractivity contribution in [3.05, 3.63) is 28.9 Å². The van der Waals surface area contributed by atoms with E-state index in [-0.39, 0.29) is 0 Å². The van der Waals surface area contributed by atoms with Gasteiger partial charge in [-0.3, -0.25) is 0 Å². The zero-order chi connectivity index (χ0) is 12.3. The van der Waals surface area contributed by atoms with Crippen molar-refractivity contribution >= 4 is 17.2 Å². The van der Waals surface area contributed by atoms with Crippen LogP contribution in [0.15, 0.2) is 18.5 Å². The molecule has 3 nitrogen and oxygen atoms in total. The maximum absolute atomic E-state index is 4.39. The number of anilines is 1. The summed E-state index contributed by atoms with van der Waals surface area (Å²) in [5, 5.41) is 3.33. The van der Waals surface area contributed by atoms with Crippen LogP contribution < -0.4 is 5.32 Å². The summed E-state index contributed by atoms with van der Waals surface area (Å²) in [7, 11) is 0. The highest BCUT2D eigenvalue weighted by atomic mass is 32.1. The molecule has 2 aromatic rings. The van der Waals surface area contributed by atoms with E-state index in [1.807, 2.05) is 0 Å². The number of nitrogens with zero attached hydrogens (tertiary/aromatic N) is 2. The fourth-order valence-corrected chi connectivity index (χ4v) is 2.60. The fraction of sp³-hybridized carbons (Fsp3) is 0.385. The quantitative estimate of drug-likeness (QED) is 0.896. The number of aromatic nitrogens is 2. The fourth-order valence-electron chi connectivity index (χ4n) is 1.68. The lowest BCUT2D eigenvalue weighted by Crippen LogP contribution is -2.05. The largest absolute Gasteiger partial charge is 0.370 e. The minimum absolute atomic E-state index is 0.945. The number of thiophene rings is 1. The van der Waals surface area contributed by atoms with Gasteiger partial charge < -0.3 is 5.32 Å². The Morgan fingerprint density at radius 3 is 2.71 bits per heavy atom. The number of hydrogen-bond acceptors (Lipinski definition) is 4. The van der Waals surface area contributed by atoms with Gasteiger partial charge in [-0.05, 0) is 32.4 Å². The molecule has 0 aliphatic heterocycles. The van der Waals surface area contributed by atoms with E-state index < -0.39 is 0 Å². The molecule has 0 bridgehead atoms. The summed E-state index contributed by atoms with van der Waals surface area (Å²) in [6.07, 6.45) is 2.73. The lowest BCUT2D eigenvalue weighted by Gasteiger charge is -2.09. The van der Waals surface area contributed by atoms with Gasteiger partial charge in [0.05, 0.1) is 10.6 Å². The molecule has 0 saturated carbocycles. The topological polar surface area (TPSA) is 37.8 Å². The smallest absolute Gasteiger partial charge is 0.132 e. The van der Waals surface area contributed by atoms with Crippen molar-refractivity contribution in [1.82, 2.24) is 9.97 Å². The molecular weight excluding hydrogens is 230 g/mol. The predicted molar refractivity (Wildman–Crippen MR) is 73.6 cm³/mol. The molecule has 2 aromatic heterocycles. The maximum atomic E-state index is 4.39. The average Bonchev–Trinajstić information content (AvgIpc) is 2.74. The van der Waals surface area contributed by atoms with Crippen LogP contribution in [0.3, 0.4) is 0 Å². The standard InChI is InChI=1S/C13H17N3S/c1-4-7-14-13-10(3)12(15-8-16-13)11-6-5-9(2)17-11/h5-6,8H,4,7H2,1-3H3,(H,14,15,16). The molecule has 0 unspecified atom stereocenters. The molecule has 0 aromatic carbocycles. The summed E-state index contributed by atoms with van der Waals surface area (Å²) in [5.74, 6) is 0.947. The van der Waals surface area contributed by atoms with Crippen LogP contribution in [0.4, 0.5) is 5.82 Å². The highest BCUT2D eigenvalue weighted by Crippen LogP contribution is 2.30. The molecule has 17 heavy (non-hydrogen) atoms. The van der Waals surface area contributed by atoms with Crippen LogP contribution in [0.5, 0.6) is 0 Å². The van der Waals surface area contributed by atoms with Crippen LogP contribution in [0.25, 0.3) is 10.6 Å². The first kappa shape index (κ1) is 12.0. The Hall–Kier alpha value is -1.42. The molecule has 0 aliphatic rings. The van der Waals surface area contributed by atoms with Crippen molar-refractivity contribution in [2.75, 3.05) is 11.9 Å². The summed E-state index contributed by atoms with van der Waals surface area (Å²) in [5.41, 5.74) is 2.17. The molecule has 2 rings (SSSR count). The Balaban J connectivity index is 2.35. The average molecular weight is 247 g/mol. The van der Waals surface area contributed by atoms with Gasteiger partial charge in [-0.15, -0.1) is 11.3 Å². The first-order chi connectivity index (χ1) is 8.22. The zero-order valence-electron chi connectivity index (χ0n) is 10.4. The molecular formula is C13H17N3S. The van der Waals surface area contributed by atoms with Crippen molar-refractivity contribution in [1.29, 1.82) is 0 Å². The highest BCUT2D eigenvalue weighted by Gasteiger charge is 2.09. The van der Waals surface area contributed by atoms with E-state index in [9.17, 15) is 0 Å². The molecule has 4 heteroatoms. The van der Waals surface area contributed by atoms with Crippen LogP contribution in [0.1, 0.15) is 23.8 Å². The number of rotatable bonds is 4. The Morgan fingerprint density at radius 1 is 1.24 bits per heavy atom. The number of hydrogen-bond donors (Lipinski definition) is 1. The highest BCUT2D eigenvalue weighted by molar-refractivity contribution is 7.15. The Labute approximate surface area is 106 Å². The summed E-state index contributed by atoms with van der Waals surface area (Å²) in [6, 6.07) is 4.25. The third-order valence-corrected chi connectivity index (χ3v) is 3.61. The zero-order valence-corrected chi connectivity index (χ0v) is 11.3. The van der Waals surface area contributed by atoms with Crippen LogP contribution in [0, 0.1) is 13.8 Å². The molecule has 0 radical (unpaired) electrons. The lowest BCUT2D eigenvalue weighted by molar-refractivity contribution is 0.960. The molecule has 90 valence electrons. The minimum Gasteiger partial charge on any atom is -0.370 e. The number of aryl methyl sites for hydroxylation is 1. The van der Waals surface area contributed by atoms with Crippen molar-refractivity contribution in [3.8, 4) is 10.6 Å². The molecule has 0 amide bonds. The second-order valence-electron chi connectivity index (χ2n) is 4.03. The first-order valence-corrected chi connectivity index (χ1v) is 6.66. The molecule has 0 atom stereocenters. The van der Waals surface area contributed by atoms with Crippen molar-refractivity contribution in [2.45, 2.75) is 27.2 Å². The monoisotopic (exact) mass is 247 g/mol. The molecule has 0 fully saturated rings. The van der Waals surface area contributed by atoms with Crippen LogP contribution >= 0.6 is 11.3 Å². The van der Waals surface area contributed by atoms with Crippen LogP contribution in [-0.4, -0.2) is 16.5 Å². The maximum Gasteiger partial charge on any atom is 0.132 e. The molecule has 1 N–H and O–H groups in total. The summed E-state index contributed by atoms with van der Waals surface area (Å²) in [4.78, 5) is 11.2. The van der Waals surface area contributed by atoms with Gasteiger partial charge in [0.15, 0.2) is 0 Å². The number of nitrogens with one attached hydrogen (secondary N) is 1. The van der Waals surface area contributed by atoms with Gasteiger partial charge in [-0.2, -0.15) is 0 Å². The third kappa shape index (κ3) is 2.64. The molecule has 2 heterocycles. The second kappa shape index (κ2) is 5.27. The van der Waals surface area contributed by atoms with E-state index in [2.05, 4.69) is 48.2 Å². The van der Waals surface area contributed by atoms with Gasteiger partial charge in [0.1, 0.15) is 12.1 Å². The van der Waals surface area contributed by atoms with Gasteiger partial charge in [0.2, 0.25) is 0 Å². The van der Waals surface area contributed by atoms with E-state index >= 15 is 0 Å². The minimum atomic E-state index is 0.945. The Morgan fingerprint density at radius 2 is 2.06 bits per heavy atom. The van der Waals surface area contributed by atoms with Gasteiger partial charge in [-0.1, -0.05) is 6.92 Å². The van der Waals surface area contributed by atoms with Gasteiger partial charge >= 0.3 is 0 Å². The second-order valence-corrected chi connectivity index (χ2v) is 5.32. The van der Waals surface area contributed by atoms with E-state index in [1.54, 1.807) is 17.7 Å². The predicted octanol–water partition coefficient (Wildman–Crippen LogP) is 3.64. The summed E-state index contributed by atoms with van der Waals surface area (Å²) >= 11 is 1.77. The van der Waals surface area contributed by atoms with Crippen LogP contribution in [-0.2, 0) is 0 Å². The normalized spacial score (nSPS) is 10.5. The lowest BCUT2D eigenvalue weighted by atomic mass is 10.2. The van der Waals surface area contributed by atoms with Crippen molar-refractivity contribution < 1.29 is 0 Å². The summed E-state index contributed by atoms with van der Waals surface area (Å²) < 4.78 is 0. The Kier molecular flexibility index (Phi) is 3.74. The van der Waals surface area contributed by atoms with Gasteiger partial charge in [-0.25, -0.2) is 9.97 Å². The molecule has 0 aliphatic carbocycles.